The summed E-state index contributed by atoms with van der Waals surface area (Å²) in [6.45, 7) is 2.24. The highest BCUT2D eigenvalue weighted by molar-refractivity contribution is 14.0. The minimum atomic E-state index is -4.35. The monoisotopic (exact) mass is 550 g/mol. The molecule has 6 nitrogen and oxygen atoms in total. The molecule has 1 amide bonds. The van der Waals surface area contributed by atoms with E-state index in [9.17, 15) is 18.0 Å². The zero-order valence-corrected chi connectivity index (χ0v) is 20.0. The summed E-state index contributed by atoms with van der Waals surface area (Å²) >= 11 is 0. The minimum Gasteiger partial charge on any atom is -0.495 e. The number of ether oxygens (including phenoxy) is 1. The van der Waals surface area contributed by atoms with Crippen LogP contribution in [0.1, 0.15) is 23.6 Å². The van der Waals surface area contributed by atoms with Gasteiger partial charge in [-0.15, -0.1) is 24.0 Å². The summed E-state index contributed by atoms with van der Waals surface area (Å²) in [6.07, 6.45) is -4.35. The first-order valence-electron chi connectivity index (χ1n) is 9.16. The van der Waals surface area contributed by atoms with Crippen LogP contribution in [0.3, 0.4) is 0 Å². The van der Waals surface area contributed by atoms with E-state index < -0.39 is 11.7 Å². The average molecular weight is 550 g/mol. The van der Waals surface area contributed by atoms with Crippen LogP contribution in [0.15, 0.2) is 47.5 Å². The van der Waals surface area contributed by atoms with E-state index in [1.165, 1.54) is 26.2 Å². The Morgan fingerprint density at radius 2 is 1.74 bits per heavy atom. The lowest BCUT2D eigenvalue weighted by Gasteiger charge is -2.22. The first-order chi connectivity index (χ1) is 14.1. The number of hydrogen-bond donors (Lipinski definition) is 2. The molecule has 0 saturated carbocycles. The number of methoxy groups -OCH3 is 1. The first-order valence-corrected chi connectivity index (χ1v) is 9.16. The van der Waals surface area contributed by atoms with Gasteiger partial charge in [-0.3, -0.25) is 9.79 Å². The number of carbonyl (C=O) groups excluding carboxylic acids is 1. The quantitative estimate of drug-likeness (QED) is 0.316. The lowest BCUT2D eigenvalue weighted by molar-refractivity contribution is -0.137. The van der Waals surface area contributed by atoms with Gasteiger partial charge in [0, 0.05) is 34.1 Å². The molecule has 0 bridgehead atoms. The van der Waals surface area contributed by atoms with Gasteiger partial charge in [0.1, 0.15) is 5.75 Å². The molecule has 2 N–H and O–H groups in total. The largest absolute Gasteiger partial charge is 0.495 e. The second-order valence-corrected chi connectivity index (χ2v) is 6.67. The topological polar surface area (TPSA) is 66.0 Å². The van der Waals surface area contributed by atoms with Crippen LogP contribution in [0.25, 0.3) is 0 Å². The summed E-state index contributed by atoms with van der Waals surface area (Å²) in [4.78, 5) is 17.4. The van der Waals surface area contributed by atoms with Crippen LogP contribution in [0.2, 0.25) is 0 Å². The van der Waals surface area contributed by atoms with Gasteiger partial charge in [-0.25, -0.2) is 0 Å². The highest BCUT2D eigenvalue weighted by Crippen LogP contribution is 2.29. The van der Waals surface area contributed by atoms with Gasteiger partial charge in [0.25, 0.3) is 0 Å². The molecular weight excluding hydrogens is 524 g/mol. The molecule has 31 heavy (non-hydrogen) atoms. The maximum absolute atomic E-state index is 12.7. The van der Waals surface area contributed by atoms with Gasteiger partial charge in [-0.1, -0.05) is 18.2 Å². The van der Waals surface area contributed by atoms with E-state index in [-0.39, 0.29) is 29.9 Å². The van der Waals surface area contributed by atoms with Gasteiger partial charge < -0.3 is 20.3 Å². The SMILES string of the molecule is CN=C(NCc1ccc(OC)c(NC(C)=O)c1)N(C)Cc1ccc(C(F)(F)F)cc1.I. The predicted molar refractivity (Wildman–Crippen MR) is 126 cm³/mol. The molecular formula is C21H26F3IN4O2. The molecule has 2 aromatic carbocycles. The smallest absolute Gasteiger partial charge is 0.416 e. The number of amides is 1. The minimum absolute atomic E-state index is 0. The van der Waals surface area contributed by atoms with E-state index in [4.69, 9.17) is 4.74 Å². The molecule has 0 fully saturated rings. The van der Waals surface area contributed by atoms with E-state index in [0.717, 1.165) is 23.3 Å². The van der Waals surface area contributed by atoms with Gasteiger partial charge in [0.2, 0.25) is 5.91 Å². The Kier molecular flexibility index (Phi) is 10.1. The van der Waals surface area contributed by atoms with Crippen molar-refractivity contribution < 1.29 is 22.7 Å². The lowest BCUT2D eigenvalue weighted by Crippen LogP contribution is -2.38. The van der Waals surface area contributed by atoms with Gasteiger partial charge in [0.15, 0.2) is 5.96 Å². The van der Waals surface area contributed by atoms with Crippen molar-refractivity contribution in [2.45, 2.75) is 26.2 Å². The predicted octanol–water partition coefficient (Wildman–Crippen LogP) is 4.50. The van der Waals surface area contributed by atoms with Gasteiger partial charge in [-0.05, 0) is 35.4 Å². The number of anilines is 1. The van der Waals surface area contributed by atoms with Crippen LogP contribution in [0.4, 0.5) is 18.9 Å². The molecule has 0 spiro atoms. The molecule has 0 saturated heterocycles. The highest BCUT2D eigenvalue weighted by atomic mass is 127. The van der Waals surface area contributed by atoms with Crippen molar-refractivity contribution in [1.29, 1.82) is 0 Å². The third kappa shape index (κ3) is 7.93. The molecule has 0 aromatic heterocycles. The van der Waals surface area contributed by atoms with Crippen LogP contribution in [-0.4, -0.2) is 38.0 Å². The van der Waals surface area contributed by atoms with Crippen molar-refractivity contribution in [3.8, 4) is 5.75 Å². The maximum atomic E-state index is 12.7. The zero-order valence-electron chi connectivity index (χ0n) is 17.7. The number of carbonyl (C=O) groups is 1. The van der Waals surface area contributed by atoms with Crippen LogP contribution in [0.5, 0.6) is 5.75 Å². The van der Waals surface area contributed by atoms with Crippen LogP contribution in [-0.2, 0) is 24.1 Å². The Labute approximate surface area is 196 Å². The maximum Gasteiger partial charge on any atom is 0.416 e. The molecule has 10 heteroatoms. The number of guanidine groups is 1. The van der Waals surface area contributed by atoms with E-state index >= 15 is 0 Å². The third-order valence-corrected chi connectivity index (χ3v) is 4.30. The summed E-state index contributed by atoms with van der Waals surface area (Å²) in [5.41, 5.74) is 1.51. The fraction of sp³-hybridized carbons (Fsp3) is 0.333. The molecule has 170 valence electrons. The van der Waals surface area contributed by atoms with Crippen molar-refractivity contribution in [3.05, 3.63) is 59.2 Å². The van der Waals surface area contributed by atoms with Crippen molar-refractivity contribution in [1.82, 2.24) is 10.2 Å². The van der Waals surface area contributed by atoms with Crippen molar-refractivity contribution in [3.63, 3.8) is 0 Å². The van der Waals surface area contributed by atoms with Gasteiger partial charge in [-0.2, -0.15) is 13.2 Å². The number of hydrogen-bond acceptors (Lipinski definition) is 3. The number of aliphatic imine (C=N–C) groups is 1. The Morgan fingerprint density at radius 1 is 1.13 bits per heavy atom. The first kappa shape index (κ1) is 26.5. The third-order valence-electron chi connectivity index (χ3n) is 4.30. The second-order valence-electron chi connectivity index (χ2n) is 6.67. The fourth-order valence-electron chi connectivity index (χ4n) is 2.87. The van der Waals surface area contributed by atoms with Crippen LogP contribution >= 0.6 is 24.0 Å². The van der Waals surface area contributed by atoms with E-state index in [1.807, 2.05) is 6.07 Å². The Hall–Kier alpha value is -2.50. The summed E-state index contributed by atoms with van der Waals surface area (Å²) in [7, 11) is 4.95. The molecule has 0 atom stereocenters. The second kappa shape index (κ2) is 11.8. The lowest BCUT2D eigenvalue weighted by atomic mass is 10.1. The number of alkyl halides is 3. The molecule has 0 aliphatic rings. The Morgan fingerprint density at radius 3 is 2.26 bits per heavy atom. The van der Waals surface area contributed by atoms with Crippen molar-refractivity contribution in [2.75, 3.05) is 26.5 Å². The molecule has 0 aliphatic heterocycles. The number of rotatable bonds is 6. The number of halogens is 4. The van der Waals surface area contributed by atoms with E-state index in [2.05, 4.69) is 15.6 Å². The highest BCUT2D eigenvalue weighted by Gasteiger charge is 2.29. The summed E-state index contributed by atoms with van der Waals surface area (Å²) in [6, 6.07) is 10.5. The normalized spacial score (nSPS) is 11.4. The van der Waals surface area contributed by atoms with Crippen LogP contribution < -0.4 is 15.4 Å². The molecule has 0 radical (unpaired) electrons. The van der Waals surface area contributed by atoms with Crippen LogP contribution in [0, 0.1) is 0 Å². The fourth-order valence-corrected chi connectivity index (χ4v) is 2.87. The van der Waals surface area contributed by atoms with Gasteiger partial charge >= 0.3 is 6.18 Å². The number of nitrogens with zero attached hydrogens (tertiary/aromatic N) is 2. The molecule has 0 aliphatic carbocycles. The van der Waals surface area contributed by atoms with E-state index in [1.54, 1.807) is 31.1 Å². The summed E-state index contributed by atoms with van der Waals surface area (Å²) in [5, 5.41) is 5.93. The number of nitrogens with one attached hydrogen (secondary N) is 2. The average Bonchev–Trinajstić information content (AvgIpc) is 2.68. The molecule has 2 rings (SSSR count). The Bertz CT molecular complexity index is 902. The molecule has 0 heterocycles. The standard InChI is InChI=1S/C21H25F3N4O2.HI/c1-14(29)27-18-11-16(7-10-19(18)30-4)12-26-20(25-2)28(3)13-15-5-8-17(9-6-15)21(22,23)24;/h5-11H,12-13H2,1-4H3,(H,25,26)(H,27,29);1H. The van der Waals surface area contributed by atoms with Gasteiger partial charge in [0.05, 0.1) is 18.4 Å². The van der Waals surface area contributed by atoms with E-state index in [0.29, 0.717) is 30.5 Å². The number of benzene rings is 2. The zero-order chi connectivity index (χ0) is 22.3. The van der Waals surface area contributed by atoms with Crippen molar-refractivity contribution >= 4 is 41.5 Å². The summed E-state index contributed by atoms with van der Waals surface area (Å²) < 4.78 is 43.4. The van der Waals surface area contributed by atoms with Crippen molar-refractivity contribution in [2.24, 2.45) is 4.99 Å². The Balaban J connectivity index is 0.00000480. The summed E-state index contributed by atoms with van der Waals surface area (Å²) in [5.74, 6) is 0.926. The molecule has 2 aromatic rings. The molecule has 0 unspecified atom stereocenters.